The smallest absolute Gasteiger partial charge is 0.280 e. The van der Waals surface area contributed by atoms with E-state index in [1.54, 1.807) is 31.4 Å². The monoisotopic (exact) mass is 413 g/mol. The maximum absolute atomic E-state index is 12.5. The highest BCUT2D eigenvalue weighted by atomic mass is 32.1. The van der Waals surface area contributed by atoms with Crippen LogP contribution in [0, 0.1) is 11.3 Å². The molecular weight excluding hydrogens is 388 g/mol. The number of nitriles is 1. The molecule has 0 fully saturated rings. The molecule has 29 heavy (non-hydrogen) atoms. The number of carbonyl (C=O) groups is 2. The van der Waals surface area contributed by atoms with Gasteiger partial charge in [0.15, 0.2) is 13.1 Å². The van der Waals surface area contributed by atoms with Gasteiger partial charge < -0.3 is 20.3 Å². The molecule has 2 aromatic rings. The molecule has 1 heterocycles. The summed E-state index contributed by atoms with van der Waals surface area (Å²) in [6, 6.07) is 9.38. The number of quaternary nitrogens is 1. The van der Waals surface area contributed by atoms with Gasteiger partial charge in [0.1, 0.15) is 16.8 Å². The lowest BCUT2D eigenvalue weighted by atomic mass is 10.1. The molecule has 1 unspecified atom stereocenters. The number of hydrogen-bond donors (Lipinski definition) is 3. The van der Waals surface area contributed by atoms with E-state index >= 15 is 0 Å². The van der Waals surface area contributed by atoms with Crippen LogP contribution in [0.1, 0.15) is 29.3 Å². The van der Waals surface area contributed by atoms with Crippen LogP contribution in [-0.2, 0) is 22.4 Å². The molecule has 0 aliphatic heterocycles. The Balaban J connectivity index is 1.56. The van der Waals surface area contributed by atoms with E-state index in [0.29, 0.717) is 28.5 Å². The van der Waals surface area contributed by atoms with Crippen LogP contribution in [0.25, 0.3) is 0 Å². The van der Waals surface area contributed by atoms with Crippen molar-refractivity contribution < 1.29 is 19.2 Å². The molecule has 0 bridgehead atoms. The Labute approximate surface area is 174 Å². The number of likely N-dealkylation sites (N-methyl/N-ethyl adjacent to an activating group) is 1. The summed E-state index contributed by atoms with van der Waals surface area (Å²) in [5, 5.41) is 15.8. The molecule has 1 aromatic heterocycles. The summed E-state index contributed by atoms with van der Waals surface area (Å²) < 4.78 is 5.16. The van der Waals surface area contributed by atoms with Crippen molar-refractivity contribution in [2.24, 2.45) is 0 Å². The molecule has 1 aromatic carbocycles. The third-order valence-corrected chi connectivity index (χ3v) is 6.17. The second-order valence-corrected chi connectivity index (χ2v) is 8.06. The topological polar surface area (TPSA) is 95.7 Å². The fraction of sp³-hybridized carbons (Fsp3) is 0.381. The highest BCUT2D eigenvalue weighted by Crippen LogP contribution is 2.38. The highest BCUT2D eigenvalue weighted by Gasteiger charge is 2.24. The van der Waals surface area contributed by atoms with Gasteiger partial charge in [-0.3, -0.25) is 9.59 Å². The lowest BCUT2D eigenvalue weighted by Gasteiger charge is -2.17. The minimum atomic E-state index is -0.188. The SMILES string of the molecule is CC[NH+](CC(=O)Nc1cccc(OC)c1)CC(=O)Nc1sc2c(c1C#N)CCC2. The summed E-state index contributed by atoms with van der Waals surface area (Å²) in [7, 11) is 1.57. The number of aryl methyl sites for hydroxylation is 1. The number of hydrogen-bond acceptors (Lipinski definition) is 5. The fourth-order valence-electron chi connectivity index (χ4n) is 3.45. The fourth-order valence-corrected chi connectivity index (χ4v) is 4.71. The van der Waals surface area contributed by atoms with Crippen molar-refractivity contribution in [3.63, 3.8) is 0 Å². The first-order valence-electron chi connectivity index (χ1n) is 9.66. The maximum atomic E-state index is 12.5. The second-order valence-electron chi connectivity index (χ2n) is 6.96. The van der Waals surface area contributed by atoms with Gasteiger partial charge in [-0.25, -0.2) is 0 Å². The third-order valence-electron chi connectivity index (χ3n) is 4.96. The minimum absolute atomic E-state index is 0.162. The molecule has 152 valence electrons. The second kappa shape index (κ2) is 9.54. The van der Waals surface area contributed by atoms with Gasteiger partial charge in [-0.15, -0.1) is 11.3 Å². The van der Waals surface area contributed by atoms with Crippen molar-refractivity contribution >= 4 is 33.8 Å². The van der Waals surface area contributed by atoms with Crippen molar-refractivity contribution in [3.8, 4) is 11.8 Å². The van der Waals surface area contributed by atoms with E-state index in [2.05, 4.69) is 16.7 Å². The molecule has 7 nitrogen and oxygen atoms in total. The number of fused-ring (bicyclic) bond motifs is 1. The van der Waals surface area contributed by atoms with Gasteiger partial charge in [0, 0.05) is 16.6 Å². The van der Waals surface area contributed by atoms with Gasteiger partial charge in [-0.2, -0.15) is 5.26 Å². The third kappa shape index (κ3) is 5.13. The predicted octanol–water partition coefficient (Wildman–Crippen LogP) is 1.60. The molecule has 3 N–H and O–H groups in total. The molecule has 0 spiro atoms. The van der Waals surface area contributed by atoms with Gasteiger partial charge in [-0.1, -0.05) is 6.07 Å². The standard InChI is InChI=1S/C21H24N4O3S/c1-3-25(12-19(26)23-14-6-4-7-15(10-14)28-2)13-20(27)24-21-17(11-22)16-8-5-9-18(16)29-21/h4,6-7,10H,3,5,8-9,12-13H2,1-2H3,(H,23,26)(H,24,27)/p+1. The largest absolute Gasteiger partial charge is 0.497 e. The van der Waals surface area contributed by atoms with E-state index in [-0.39, 0.29) is 24.9 Å². The Morgan fingerprint density at radius 1 is 1.24 bits per heavy atom. The van der Waals surface area contributed by atoms with Gasteiger partial charge >= 0.3 is 0 Å². The predicted molar refractivity (Wildman–Crippen MR) is 113 cm³/mol. The van der Waals surface area contributed by atoms with Gasteiger partial charge in [-0.05, 0) is 43.9 Å². The van der Waals surface area contributed by atoms with Crippen molar-refractivity contribution in [1.29, 1.82) is 5.26 Å². The van der Waals surface area contributed by atoms with Crippen LogP contribution in [0.15, 0.2) is 24.3 Å². The number of ether oxygens (including phenoxy) is 1. The van der Waals surface area contributed by atoms with E-state index in [1.165, 1.54) is 16.2 Å². The van der Waals surface area contributed by atoms with E-state index < -0.39 is 0 Å². The first-order valence-corrected chi connectivity index (χ1v) is 10.5. The Bertz CT molecular complexity index is 948. The van der Waals surface area contributed by atoms with Crippen molar-refractivity contribution in [3.05, 3.63) is 40.3 Å². The molecular formula is C21H25N4O3S+. The quantitative estimate of drug-likeness (QED) is 0.613. The van der Waals surface area contributed by atoms with Gasteiger partial charge in [0.25, 0.3) is 11.8 Å². The number of nitrogens with one attached hydrogen (secondary N) is 3. The summed E-state index contributed by atoms with van der Waals surface area (Å²) in [4.78, 5) is 26.9. The summed E-state index contributed by atoms with van der Waals surface area (Å²) in [5.74, 6) is 0.307. The van der Waals surface area contributed by atoms with E-state index in [0.717, 1.165) is 29.7 Å². The lowest BCUT2D eigenvalue weighted by molar-refractivity contribution is -0.881. The van der Waals surface area contributed by atoms with Gasteiger partial charge in [0.05, 0.1) is 19.2 Å². The van der Waals surface area contributed by atoms with Crippen LogP contribution in [0.2, 0.25) is 0 Å². The molecule has 1 atom stereocenters. The summed E-state index contributed by atoms with van der Waals surface area (Å²) in [6.45, 7) is 2.90. The average Bonchev–Trinajstić information content (AvgIpc) is 3.28. The van der Waals surface area contributed by atoms with Crippen LogP contribution in [-0.4, -0.2) is 38.6 Å². The molecule has 0 saturated heterocycles. The molecule has 1 aliphatic rings. The van der Waals surface area contributed by atoms with E-state index in [9.17, 15) is 14.9 Å². The summed E-state index contributed by atoms with van der Waals surface area (Å²) in [5.41, 5.74) is 2.34. The molecule has 1 aliphatic carbocycles. The Morgan fingerprint density at radius 3 is 2.69 bits per heavy atom. The molecule has 0 saturated carbocycles. The molecule has 2 amide bonds. The first-order chi connectivity index (χ1) is 14.0. The number of carbonyl (C=O) groups excluding carboxylic acids is 2. The zero-order chi connectivity index (χ0) is 20.8. The van der Waals surface area contributed by atoms with Crippen molar-refractivity contribution in [2.45, 2.75) is 26.2 Å². The van der Waals surface area contributed by atoms with Crippen LogP contribution >= 0.6 is 11.3 Å². The normalized spacial score (nSPS) is 13.3. The van der Waals surface area contributed by atoms with Crippen LogP contribution in [0.5, 0.6) is 5.75 Å². The number of methoxy groups -OCH3 is 1. The number of nitrogens with zero attached hydrogens (tertiary/aromatic N) is 1. The van der Waals surface area contributed by atoms with Crippen molar-refractivity contribution in [1.82, 2.24) is 0 Å². The van der Waals surface area contributed by atoms with Gasteiger partial charge in [0.2, 0.25) is 0 Å². The summed E-state index contributed by atoms with van der Waals surface area (Å²) in [6.07, 6.45) is 2.95. The number of thiophene rings is 1. The molecule has 3 rings (SSSR count). The van der Waals surface area contributed by atoms with E-state index in [1.807, 2.05) is 6.92 Å². The van der Waals surface area contributed by atoms with Crippen molar-refractivity contribution in [2.75, 3.05) is 37.4 Å². The first kappa shape index (κ1) is 20.8. The number of rotatable bonds is 8. The van der Waals surface area contributed by atoms with Crippen LogP contribution in [0.4, 0.5) is 10.7 Å². The maximum Gasteiger partial charge on any atom is 0.280 e. The number of anilines is 2. The number of benzene rings is 1. The van der Waals surface area contributed by atoms with Crippen LogP contribution in [0.3, 0.4) is 0 Å². The Morgan fingerprint density at radius 2 is 2.00 bits per heavy atom. The summed E-state index contributed by atoms with van der Waals surface area (Å²) >= 11 is 1.50. The molecule has 8 heteroatoms. The Kier molecular flexibility index (Phi) is 6.86. The minimum Gasteiger partial charge on any atom is -0.497 e. The zero-order valence-corrected chi connectivity index (χ0v) is 17.4. The van der Waals surface area contributed by atoms with E-state index in [4.69, 9.17) is 4.74 Å². The zero-order valence-electron chi connectivity index (χ0n) is 16.6. The number of amides is 2. The lowest BCUT2D eigenvalue weighted by Crippen LogP contribution is -3.13. The average molecular weight is 414 g/mol. The molecule has 0 radical (unpaired) electrons. The highest BCUT2D eigenvalue weighted by molar-refractivity contribution is 7.16. The Hall–Kier alpha value is -2.89. The van der Waals surface area contributed by atoms with Crippen LogP contribution < -0.4 is 20.3 Å².